The number of fused-ring (bicyclic) bond motifs is 5. The van der Waals surface area contributed by atoms with Crippen LogP contribution in [0.5, 0.6) is 0 Å². The first-order valence-electron chi connectivity index (χ1n) is 12.3. The van der Waals surface area contributed by atoms with Crippen LogP contribution in [0.4, 0.5) is 0 Å². The van der Waals surface area contributed by atoms with E-state index in [0.717, 1.165) is 42.4 Å². The van der Waals surface area contributed by atoms with E-state index in [-0.39, 0.29) is 6.10 Å². The van der Waals surface area contributed by atoms with Crippen LogP contribution in [0.15, 0.2) is 23.3 Å². The Bertz CT molecular complexity index is 643. The van der Waals surface area contributed by atoms with Crippen LogP contribution in [0.25, 0.3) is 0 Å². The van der Waals surface area contributed by atoms with Gasteiger partial charge in [0.1, 0.15) is 0 Å². The van der Waals surface area contributed by atoms with Gasteiger partial charge in [0, 0.05) is 0 Å². The van der Waals surface area contributed by atoms with E-state index in [0.29, 0.717) is 10.8 Å². The smallest absolute Gasteiger partial charge is 0.0577 e. The predicted octanol–water partition coefficient (Wildman–Crippen LogP) is 7.31. The van der Waals surface area contributed by atoms with Crippen molar-refractivity contribution in [3.63, 3.8) is 0 Å². The van der Waals surface area contributed by atoms with Gasteiger partial charge in [0.25, 0.3) is 0 Å². The van der Waals surface area contributed by atoms with E-state index in [1.54, 1.807) is 11.1 Å². The lowest BCUT2D eigenvalue weighted by atomic mass is 9.47. The second-order valence-electron chi connectivity index (χ2n) is 11.7. The molecule has 0 aromatic heterocycles. The van der Waals surface area contributed by atoms with Crippen molar-refractivity contribution in [2.45, 2.75) is 105 Å². The summed E-state index contributed by atoms with van der Waals surface area (Å²) in [6.45, 7) is 12.3. The largest absolute Gasteiger partial charge is 0.393 e. The Morgan fingerprint density at radius 1 is 1.14 bits per heavy atom. The third-order valence-electron chi connectivity index (χ3n) is 9.84. The fourth-order valence-electron chi connectivity index (χ4n) is 8.18. The molecule has 0 aromatic rings. The molecule has 0 saturated heterocycles. The molecule has 7 atom stereocenters. The third-order valence-corrected chi connectivity index (χ3v) is 9.84. The SMILES string of the molecule is C/C(=C\CCC(C)C)C1CCC2C3CC=C4CC(O)CCC4(C)C3CCC12C. The Morgan fingerprint density at radius 3 is 2.68 bits per heavy atom. The van der Waals surface area contributed by atoms with Gasteiger partial charge in [-0.2, -0.15) is 0 Å². The van der Waals surface area contributed by atoms with E-state index in [1.165, 1.54) is 51.4 Å². The highest BCUT2D eigenvalue weighted by atomic mass is 16.3. The lowest BCUT2D eigenvalue weighted by molar-refractivity contribution is -0.0454. The van der Waals surface area contributed by atoms with Gasteiger partial charge in [-0.3, -0.25) is 0 Å². The van der Waals surface area contributed by atoms with Gasteiger partial charge in [-0.25, -0.2) is 0 Å². The lowest BCUT2D eigenvalue weighted by Gasteiger charge is -2.58. The summed E-state index contributed by atoms with van der Waals surface area (Å²) in [6.07, 6.45) is 17.8. The van der Waals surface area contributed by atoms with Crippen LogP contribution >= 0.6 is 0 Å². The minimum Gasteiger partial charge on any atom is -0.393 e. The third kappa shape index (κ3) is 3.34. The first kappa shape index (κ1) is 20.7. The molecule has 3 fully saturated rings. The fourth-order valence-corrected chi connectivity index (χ4v) is 8.18. The van der Waals surface area contributed by atoms with Crippen molar-refractivity contribution in [3.05, 3.63) is 23.3 Å². The maximum absolute atomic E-state index is 10.2. The molecular weight excluding hydrogens is 340 g/mol. The summed E-state index contributed by atoms with van der Waals surface area (Å²) in [5.74, 6) is 4.28. The number of hydrogen-bond acceptors (Lipinski definition) is 1. The summed E-state index contributed by atoms with van der Waals surface area (Å²) in [5, 5.41) is 10.2. The molecule has 4 aliphatic rings. The van der Waals surface area contributed by atoms with Gasteiger partial charge in [-0.15, -0.1) is 0 Å². The van der Waals surface area contributed by atoms with Gasteiger partial charge in [0.15, 0.2) is 0 Å². The summed E-state index contributed by atoms with van der Waals surface area (Å²) >= 11 is 0. The van der Waals surface area contributed by atoms with Crippen LogP contribution in [0, 0.1) is 40.4 Å². The molecule has 0 aromatic carbocycles. The molecule has 0 aliphatic heterocycles. The van der Waals surface area contributed by atoms with Gasteiger partial charge in [0.05, 0.1) is 6.10 Å². The number of aliphatic hydroxyl groups is 1. The number of aliphatic hydroxyl groups excluding tert-OH is 1. The summed E-state index contributed by atoms with van der Waals surface area (Å²) in [4.78, 5) is 0. The molecule has 4 aliphatic carbocycles. The minimum absolute atomic E-state index is 0.0841. The lowest BCUT2D eigenvalue weighted by Crippen LogP contribution is -2.50. The second-order valence-corrected chi connectivity index (χ2v) is 11.7. The van der Waals surface area contributed by atoms with Crippen LogP contribution in [0.3, 0.4) is 0 Å². The van der Waals surface area contributed by atoms with Gasteiger partial charge < -0.3 is 5.11 Å². The molecule has 0 bridgehead atoms. The first-order valence-corrected chi connectivity index (χ1v) is 12.3. The summed E-state index contributed by atoms with van der Waals surface area (Å²) in [5.41, 5.74) is 4.21. The number of hydrogen-bond donors (Lipinski definition) is 1. The highest BCUT2D eigenvalue weighted by Crippen LogP contribution is 2.67. The normalized spacial score (nSPS) is 46.0. The molecule has 0 heterocycles. The number of rotatable bonds is 4. The maximum Gasteiger partial charge on any atom is 0.0577 e. The molecule has 1 N–H and O–H groups in total. The van der Waals surface area contributed by atoms with Crippen molar-refractivity contribution in [2.24, 2.45) is 40.4 Å². The Labute approximate surface area is 174 Å². The summed E-state index contributed by atoms with van der Waals surface area (Å²) in [6, 6.07) is 0. The zero-order valence-electron chi connectivity index (χ0n) is 19.1. The van der Waals surface area contributed by atoms with Gasteiger partial charge in [-0.05, 0) is 112 Å². The molecule has 1 heteroatoms. The van der Waals surface area contributed by atoms with Crippen molar-refractivity contribution >= 4 is 0 Å². The quantitative estimate of drug-likeness (QED) is 0.504. The summed E-state index contributed by atoms with van der Waals surface area (Å²) in [7, 11) is 0. The van der Waals surface area contributed by atoms with E-state index >= 15 is 0 Å². The van der Waals surface area contributed by atoms with Crippen LogP contribution in [-0.2, 0) is 0 Å². The first-order chi connectivity index (χ1) is 13.3. The fraction of sp³-hybridized carbons (Fsp3) is 0.852. The maximum atomic E-state index is 10.2. The summed E-state index contributed by atoms with van der Waals surface area (Å²) < 4.78 is 0. The highest BCUT2D eigenvalue weighted by molar-refractivity contribution is 5.26. The standard InChI is InChI=1S/C27H44O/c1-18(2)7-6-8-19(3)23-11-12-24-22-10-9-20-17-21(28)13-15-26(20,4)25(22)14-16-27(23,24)5/h8-9,18,21-25,28H,6-7,10-17H2,1-5H3/b19-8+. The zero-order chi connectivity index (χ0) is 20.1. The second kappa shape index (κ2) is 7.60. The van der Waals surface area contributed by atoms with E-state index in [9.17, 15) is 5.11 Å². The average Bonchev–Trinajstić information content (AvgIpc) is 2.99. The minimum atomic E-state index is -0.0841. The molecule has 0 spiro atoms. The Morgan fingerprint density at radius 2 is 1.93 bits per heavy atom. The highest BCUT2D eigenvalue weighted by Gasteiger charge is 2.58. The van der Waals surface area contributed by atoms with Gasteiger partial charge >= 0.3 is 0 Å². The van der Waals surface area contributed by atoms with Crippen molar-refractivity contribution in [2.75, 3.05) is 0 Å². The van der Waals surface area contributed by atoms with Crippen molar-refractivity contribution in [1.29, 1.82) is 0 Å². The average molecular weight is 385 g/mol. The molecule has 158 valence electrons. The Hall–Kier alpha value is -0.560. The Balaban J connectivity index is 1.54. The Kier molecular flexibility index (Phi) is 5.62. The molecule has 4 rings (SSSR count). The van der Waals surface area contributed by atoms with E-state index in [1.807, 2.05) is 0 Å². The number of allylic oxidation sites excluding steroid dienone is 3. The van der Waals surface area contributed by atoms with Crippen LogP contribution in [0.2, 0.25) is 0 Å². The van der Waals surface area contributed by atoms with Crippen molar-refractivity contribution < 1.29 is 5.11 Å². The van der Waals surface area contributed by atoms with Gasteiger partial charge in [0.2, 0.25) is 0 Å². The van der Waals surface area contributed by atoms with E-state index < -0.39 is 0 Å². The molecule has 1 nitrogen and oxygen atoms in total. The van der Waals surface area contributed by atoms with Crippen LogP contribution in [0.1, 0.15) is 98.8 Å². The molecule has 7 unspecified atom stereocenters. The molecular formula is C27H44O. The van der Waals surface area contributed by atoms with Crippen LogP contribution < -0.4 is 0 Å². The van der Waals surface area contributed by atoms with E-state index in [2.05, 4.69) is 46.8 Å². The van der Waals surface area contributed by atoms with E-state index in [4.69, 9.17) is 0 Å². The molecule has 28 heavy (non-hydrogen) atoms. The topological polar surface area (TPSA) is 20.2 Å². The molecule has 0 amide bonds. The van der Waals surface area contributed by atoms with Crippen molar-refractivity contribution in [3.8, 4) is 0 Å². The molecule has 0 radical (unpaired) electrons. The van der Waals surface area contributed by atoms with Crippen molar-refractivity contribution in [1.82, 2.24) is 0 Å². The zero-order valence-corrected chi connectivity index (χ0v) is 19.1. The monoisotopic (exact) mass is 384 g/mol. The van der Waals surface area contributed by atoms with Crippen LogP contribution in [-0.4, -0.2) is 11.2 Å². The molecule has 3 saturated carbocycles. The van der Waals surface area contributed by atoms with Gasteiger partial charge in [-0.1, -0.05) is 51.0 Å². The predicted molar refractivity (Wildman–Crippen MR) is 119 cm³/mol.